The third-order valence-electron chi connectivity index (χ3n) is 12.3. The zero-order chi connectivity index (χ0) is 35.3. The number of nitrogens with zero attached hydrogens (tertiary/aromatic N) is 1. The SMILES string of the molecule is COc1c(O)c(CCc2cccc(-c3cc(C4(C)CCCC45CCCC5)[nH]c3N3CCNCC3)c2)c2oc(-c3ccc(O)cc3)cc(=O)c2c1O. The maximum atomic E-state index is 13.4. The minimum Gasteiger partial charge on any atom is -0.508 e. The number of aromatic amines is 1. The van der Waals surface area contributed by atoms with E-state index in [0.717, 1.165) is 37.3 Å². The number of aromatic hydroxyl groups is 3. The van der Waals surface area contributed by atoms with Crippen LogP contribution in [0.5, 0.6) is 23.0 Å². The van der Waals surface area contributed by atoms with Gasteiger partial charge in [0.2, 0.25) is 5.75 Å². The van der Waals surface area contributed by atoms with Gasteiger partial charge in [-0.1, -0.05) is 50.5 Å². The zero-order valence-electron chi connectivity index (χ0n) is 29.5. The number of rotatable bonds is 8. The first-order valence-electron chi connectivity index (χ1n) is 18.4. The molecular weight excluding hydrogens is 642 g/mol. The van der Waals surface area contributed by atoms with Crippen molar-refractivity contribution in [1.29, 1.82) is 0 Å². The van der Waals surface area contributed by atoms with Gasteiger partial charge in [0.1, 0.15) is 28.3 Å². The Bertz CT molecular complexity index is 2130. The molecule has 266 valence electrons. The van der Waals surface area contributed by atoms with Gasteiger partial charge in [0.05, 0.1) is 7.11 Å². The van der Waals surface area contributed by atoms with Crippen molar-refractivity contribution in [3.8, 4) is 45.4 Å². The highest BCUT2D eigenvalue weighted by molar-refractivity contribution is 5.92. The molecule has 1 atom stereocenters. The van der Waals surface area contributed by atoms with Crippen LogP contribution in [0.3, 0.4) is 0 Å². The molecule has 2 aliphatic carbocycles. The van der Waals surface area contributed by atoms with Gasteiger partial charge in [-0.3, -0.25) is 4.79 Å². The minimum atomic E-state index is -0.461. The van der Waals surface area contributed by atoms with Crippen molar-refractivity contribution in [3.05, 3.63) is 87.7 Å². The predicted molar refractivity (Wildman–Crippen MR) is 200 cm³/mol. The third kappa shape index (κ3) is 5.62. The summed E-state index contributed by atoms with van der Waals surface area (Å²) in [7, 11) is 1.35. The fourth-order valence-corrected chi connectivity index (χ4v) is 9.45. The summed E-state index contributed by atoms with van der Waals surface area (Å²) in [6.07, 6.45) is 9.97. The van der Waals surface area contributed by atoms with Gasteiger partial charge in [-0.25, -0.2) is 0 Å². The molecule has 3 aromatic carbocycles. The molecule has 0 radical (unpaired) electrons. The summed E-state index contributed by atoms with van der Waals surface area (Å²) in [5.74, 6) is 0.676. The number of hydrogen-bond donors (Lipinski definition) is 5. The van der Waals surface area contributed by atoms with Crippen LogP contribution in [0, 0.1) is 5.41 Å². The second kappa shape index (κ2) is 13.0. The first-order chi connectivity index (χ1) is 24.7. The van der Waals surface area contributed by atoms with Crippen LogP contribution in [0.25, 0.3) is 33.4 Å². The number of aryl methyl sites for hydroxylation is 2. The number of anilines is 1. The van der Waals surface area contributed by atoms with E-state index in [-0.39, 0.29) is 39.4 Å². The molecule has 3 heterocycles. The van der Waals surface area contributed by atoms with Crippen LogP contribution in [0.15, 0.2) is 69.9 Å². The van der Waals surface area contributed by atoms with E-state index in [4.69, 9.17) is 9.15 Å². The molecule has 51 heavy (non-hydrogen) atoms. The van der Waals surface area contributed by atoms with Crippen molar-refractivity contribution in [2.45, 2.75) is 70.1 Å². The molecule has 1 saturated heterocycles. The number of hydrogen-bond acceptors (Lipinski definition) is 8. The van der Waals surface area contributed by atoms with Gasteiger partial charge in [-0.05, 0) is 85.4 Å². The van der Waals surface area contributed by atoms with E-state index < -0.39 is 11.2 Å². The Balaban J connectivity index is 1.17. The van der Waals surface area contributed by atoms with Crippen LogP contribution in [-0.2, 0) is 18.3 Å². The molecule has 5 N–H and O–H groups in total. The van der Waals surface area contributed by atoms with Crippen LogP contribution in [0.2, 0.25) is 0 Å². The molecule has 3 aliphatic rings. The van der Waals surface area contributed by atoms with Crippen molar-refractivity contribution in [2.75, 3.05) is 38.2 Å². The number of phenolic OH excluding ortho intramolecular Hbond substituents is 3. The number of benzene rings is 3. The van der Waals surface area contributed by atoms with Crippen molar-refractivity contribution < 1.29 is 24.5 Å². The van der Waals surface area contributed by atoms with E-state index in [1.165, 1.54) is 87.3 Å². The third-order valence-corrected chi connectivity index (χ3v) is 12.3. The highest BCUT2D eigenvalue weighted by Crippen LogP contribution is 2.62. The highest BCUT2D eigenvalue weighted by atomic mass is 16.5. The average Bonchev–Trinajstić information content (AvgIpc) is 3.89. The molecule has 1 aliphatic heterocycles. The van der Waals surface area contributed by atoms with Crippen LogP contribution in [-0.4, -0.2) is 53.6 Å². The lowest BCUT2D eigenvalue weighted by molar-refractivity contribution is 0.173. The van der Waals surface area contributed by atoms with E-state index >= 15 is 0 Å². The number of methoxy groups -OCH3 is 1. The summed E-state index contributed by atoms with van der Waals surface area (Å²) < 4.78 is 11.6. The number of piperazine rings is 1. The van der Waals surface area contributed by atoms with Gasteiger partial charge in [-0.2, -0.15) is 0 Å². The summed E-state index contributed by atoms with van der Waals surface area (Å²) >= 11 is 0. The smallest absolute Gasteiger partial charge is 0.204 e. The van der Waals surface area contributed by atoms with Crippen molar-refractivity contribution in [3.63, 3.8) is 0 Å². The fourth-order valence-electron chi connectivity index (χ4n) is 9.45. The first-order valence-corrected chi connectivity index (χ1v) is 18.4. The van der Waals surface area contributed by atoms with E-state index in [9.17, 15) is 20.1 Å². The number of ether oxygens (including phenoxy) is 1. The number of aromatic nitrogens is 1. The van der Waals surface area contributed by atoms with Crippen LogP contribution in [0.4, 0.5) is 5.82 Å². The molecule has 9 heteroatoms. The molecule has 3 fully saturated rings. The highest BCUT2D eigenvalue weighted by Gasteiger charge is 2.54. The maximum absolute atomic E-state index is 13.4. The monoisotopic (exact) mass is 689 g/mol. The van der Waals surface area contributed by atoms with Gasteiger partial charge >= 0.3 is 0 Å². The molecule has 5 aromatic rings. The summed E-state index contributed by atoms with van der Waals surface area (Å²) in [6, 6.07) is 18.7. The Morgan fingerprint density at radius 1 is 0.863 bits per heavy atom. The molecule has 0 amide bonds. The van der Waals surface area contributed by atoms with E-state index in [2.05, 4.69) is 52.5 Å². The van der Waals surface area contributed by atoms with Crippen molar-refractivity contribution in [2.24, 2.45) is 5.41 Å². The van der Waals surface area contributed by atoms with Crippen LogP contribution >= 0.6 is 0 Å². The molecule has 9 nitrogen and oxygen atoms in total. The molecule has 8 rings (SSSR count). The average molecular weight is 690 g/mol. The molecule has 0 bridgehead atoms. The van der Waals surface area contributed by atoms with Crippen molar-refractivity contribution >= 4 is 16.8 Å². The Morgan fingerprint density at radius 3 is 2.35 bits per heavy atom. The summed E-state index contributed by atoms with van der Waals surface area (Å²) in [4.78, 5) is 19.9. The van der Waals surface area contributed by atoms with Crippen molar-refractivity contribution in [1.82, 2.24) is 10.3 Å². The standard InChI is InChI=1S/C42H47N3O6/c1-41(15-6-18-42(41)16-3-4-17-42)34-24-31(40(44-34)45-21-19-43-20-22-45)28-8-5-7-26(23-28)9-14-30-36(48)39(50-2)37(49)35-32(47)25-33(51-38(30)35)27-10-12-29(46)13-11-27/h5,7-8,10-13,23-25,43-44,46,48-49H,3-4,6,9,14-22H2,1-2H3. The van der Waals surface area contributed by atoms with Gasteiger partial charge in [0, 0.05) is 60.0 Å². The van der Waals surface area contributed by atoms with Crippen LogP contribution in [0.1, 0.15) is 68.7 Å². The lowest BCUT2D eigenvalue weighted by atomic mass is 9.64. The topological polar surface area (TPSA) is 131 Å². The summed E-state index contributed by atoms with van der Waals surface area (Å²) in [5.41, 5.74) is 5.91. The molecule has 2 aromatic heterocycles. The number of H-pyrrole nitrogens is 1. The molecule has 1 spiro atoms. The van der Waals surface area contributed by atoms with Gasteiger partial charge in [-0.15, -0.1) is 0 Å². The zero-order valence-corrected chi connectivity index (χ0v) is 29.5. The normalized spacial score (nSPS) is 20.1. The van der Waals surface area contributed by atoms with Crippen LogP contribution < -0.4 is 20.4 Å². The molecule has 1 unspecified atom stereocenters. The number of phenols is 3. The van der Waals surface area contributed by atoms with Gasteiger partial charge in [0.25, 0.3) is 0 Å². The summed E-state index contributed by atoms with van der Waals surface area (Å²) in [5, 5.41) is 35.6. The Hall–Kier alpha value is -4.89. The first kappa shape index (κ1) is 33.3. The minimum absolute atomic E-state index is 0.0445. The largest absolute Gasteiger partial charge is 0.508 e. The van der Waals surface area contributed by atoms with E-state index in [1.807, 2.05) is 0 Å². The Labute approximate surface area is 297 Å². The van der Waals surface area contributed by atoms with E-state index in [1.54, 1.807) is 12.1 Å². The summed E-state index contributed by atoms with van der Waals surface area (Å²) in [6.45, 7) is 6.30. The second-order valence-corrected chi connectivity index (χ2v) is 15.0. The Kier molecular flexibility index (Phi) is 8.49. The lowest BCUT2D eigenvalue weighted by Crippen LogP contribution is -2.44. The van der Waals surface area contributed by atoms with Gasteiger partial charge in [0.15, 0.2) is 16.9 Å². The fraction of sp³-hybridized carbons (Fsp3) is 0.405. The lowest BCUT2D eigenvalue weighted by Gasteiger charge is -2.41. The maximum Gasteiger partial charge on any atom is 0.204 e. The van der Waals surface area contributed by atoms with Gasteiger partial charge < -0.3 is 39.7 Å². The second-order valence-electron chi connectivity index (χ2n) is 15.0. The molecular formula is C42H47N3O6. The number of nitrogens with one attached hydrogen (secondary N) is 2. The molecule has 2 saturated carbocycles. The number of fused-ring (bicyclic) bond motifs is 1. The van der Waals surface area contributed by atoms with E-state index in [0.29, 0.717) is 29.4 Å². The Morgan fingerprint density at radius 2 is 1.61 bits per heavy atom. The predicted octanol–water partition coefficient (Wildman–Crippen LogP) is 7.78. The quantitative estimate of drug-likeness (QED) is 0.112.